The van der Waals surface area contributed by atoms with E-state index < -0.39 is 0 Å². The Morgan fingerprint density at radius 3 is 3.00 bits per heavy atom. The van der Waals surface area contributed by atoms with Crippen LogP contribution in [0.15, 0.2) is 18.3 Å². The summed E-state index contributed by atoms with van der Waals surface area (Å²) in [6.07, 6.45) is 3.17. The molecule has 16 heavy (non-hydrogen) atoms. The third kappa shape index (κ3) is 2.67. The van der Waals surface area contributed by atoms with E-state index in [1.165, 1.54) is 0 Å². The first-order chi connectivity index (χ1) is 7.66. The lowest BCUT2D eigenvalue weighted by atomic mass is 10.4. The van der Waals surface area contributed by atoms with E-state index in [1.54, 1.807) is 0 Å². The minimum absolute atomic E-state index is 0.185. The third-order valence-corrected chi connectivity index (χ3v) is 3.29. The van der Waals surface area contributed by atoms with Crippen molar-refractivity contribution in [2.75, 3.05) is 18.0 Å². The number of rotatable bonds is 3. The largest absolute Gasteiger partial charge is 0.487 e. The molecule has 1 aromatic rings. The summed E-state index contributed by atoms with van der Waals surface area (Å²) in [4.78, 5) is 7.27. The fraction of sp³-hybridized carbons (Fsp3) is 0.583. The lowest BCUT2D eigenvalue weighted by Gasteiger charge is -2.21. The van der Waals surface area contributed by atoms with E-state index in [9.17, 15) is 0 Å². The quantitative estimate of drug-likeness (QED) is 0.798. The molecule has 1 aliphatic rings. The molecule has 0 saturated carbocycles. The van der Waals surface area contributed by atoms with Crippen molar-refractivity contribution in [1.82, 2.24) is 4.98 Å². The first kappa shape index (κ1) is 11.7. The lowest BCUT2D eigenvalue weighted by molar-refractivity contribution is 0.242. The van der Waals surface area contributed by atoms with Gasteiger partial charge in [0, 0.05) is 24.1 Å². The summed E-state index contributed by atoms with van der Waals surface area (Å²) in [5, 5.41) is 0. The molecule has 1 unspecified atom stereocenters. The maximum atomic E-state index is 5.77. The Labute approximate surface area is 105 Å². The average Bonchev–Trinajstić information content (AvgIpc) is 2.65. The second-order valence-corrected chi connectivity index (χ2v) is 5.62. The monoisotopic (exact) mass is 284 g/mol. The summed E-state index contributed by atoms with van der Waals surface area (Å²) >= 11 is 3.64. The maximum Gasteiger partial charge on any atom is 0.171 e. The predicted octanol–water partition coefficient (Wildman–Crippen LogP) is 2.84. The summed E-state index contributed by atoms with van der Waals surface area (Å²) in [5.74, 6) is 1.86. The maximum absolute atomic E-state index is 5.77. The molecule has 0 spiro atoms. The van der Waals surface area contributed by atoms with Crippen molar-refractivity contribution in [1.29, 1.82) is 0 Å². The van der Waals surface area contributed by atoms with E-state index in [0.717, 1.165) is 31.1 Å². The van der Waals surface area contributed by atoms with Crippen molar-refractivity contribution in [2.24, 2.45) is 0 Å². The SMILES string of the molecule is CC(C)Oc1cccnc1N1CCC(Br)C1. The Hall–Kier alpha value is -0.770. The molecule has 4 heteroatoms. The Balaban J connectivity index is 2.19. The number of ether oxygens (including phenoxy) is 1. The second-order valence-electron chi connectivity index (χ2n) is 4.32. The van der Waals surface area contributed by atoms with Crippen molar-refractivity contribution < 1.29 is 4.74 Å². The Kier molecular flexibility index (Phi) is 3.69. The van der Waals surface area contributed by atoms with Crippen LogP contribution in [0.3, 0.4) is 0 Å². The van der Waals surface area contributed by atoms with Crippen LogP contribution in [0.1, 0.15) is 20.3 Å². The number of hydrogen-bond donors (Lipinski definition) is 0. The van der Waals surface area contributed by atoms with Gasteiger partial charge < -0.3 is 9.64 Å². The molecule has 0 N–H and O–H groups in total. The van der Waals surface area contributed by atoms with Crippen LogP contribution in [-0.4, -0.2) is 29.0 Å². The number of alkyl halides is 1. The Morgan fingerprint density at radius 1 is 1.56 bits per heavy atom. The zero-order valence-corrected chi connectivity index (χ0v) is 11.3. The van der Waals surface area contributed by atoms with Gasteiger partial charge in [-0.3, -0.25) is 0 Å². The fourth-order valence-electron chi connectivity index (χ4n) is 1.88. The van der Waals surface area contributed by atoms with Gasteiger partial charge in [0.1, 0.15) is 0 Å². The van der Waals surface area contributed by atoms with Crippen LogP contribution in [0, 0.1) is 0 Å². The third-order valence-electron chi connectivity index (χ3n) is 2.54. The highest BCUT2D eigenvalue weighted by Crippen LogP contribution is 2.30. The van der Waals surface area contributed by atoms with Gasteiger partial charge in [-0.05, 0) is 32.4 Å². The molecule has 3 nitrogen and oxygen atoms in total. The van der Waals surface area contributed by atoms with Crippen LogP contribution < -0.4 is 9.64 Å². The standard InChI is InChI=1S/C12H17BrN2O/c1-9(2)16-11-4-3-6-14-12(11)15-7-5-10(13)8-15/h3-4,6,9-10H,5,7-8H2,1-2H3. The van der Waals surface area contributed by atoms with Gasteiger partial charge in [-0.1, -0.05) is 15.9 Å². The molecular weight excluding hydrogens is 268 g/mol. The number of hydrogen-bond acceptors (Lipinski definition) is 3. The second kappa shape index (κ2) is 5.04. The highest BCUT2D eigenvalue weighted by atomic mass is 79.9. The first-order valence-electron chi connectivity index (χ1n) is 5.67. The van der Waals surface area contributed by atoms with Crippen LogP contribution in [0.2, 0.25) is 0 Å². The first-order valence-corrected chi connectivity index (χ1v) is 6.59. The van der Waals surface area contributed by atoms with Crippen LogP contribution in [-0.2, 0) is 0 Å². The zero-order chi connectivity index (χ0) is 11.5. The number of pyridine rings is 1. The molecule has 1 fully saturated rings. The van der Waals surface area contributed by atoms with E-state index in [0.29, 0.717) is 4.83 Å². The molecule has 0 aromatic carbocycles. The number of halogens is 1. The molecule has 0 bridgehead atoms. The molecular formula is C12H17BrN2O. The zero-order valence-electron chi connectivity index (χ0n) is 9.69. The van der Waals surface area contributed by atoms with E-state index in [4.69, 9.17) is 4.74 Å². The van der Waals surface area contributed by atoms with Crippen molar-refractivity contribution >= 4 is 21.7 Å². The molecule has 2 rings (SSSR count). The van der Waals surface area contributed by atoms with Crippen LogP contribution in [0.5, 0.6) is 5.75 Å². The molecule has 1 saturated heterocycles. The van der Waals surface area contributed by atoms with Gasteiger partial charge in [0.15, 0.2) is 11.6 Å². The molecule has 1 atom stereocenters. The Bertz CT molecular complexity index is 357. The van der Waals surface area contributed by atoms with Crippen molar-refractivity contribution in [3.05, 3.63) is 18.3 Å². The van der Waals surface area contributed by atoms with Gasteiger partial charge in [-0.15, -0.1) is 0 Å². The topological polar surface area (TPSA) is 25.4 Å². The number of anilines is 1. The summed E-state index contributed by atoms with van der Waals surface area (Å²) in [5.41, 5.74) is 0. The van der Waals surface area contributed by atoms with Gasteiger partial charge in [0.25, 0.3) is 0 Å². The predicted molar refractivity (Wildman–Crippen MR) is 69.5 cm³/mol. The smallest absolute Gasteiger partial charge is 0.171 e. The normalized spacial score (nSPS) is 20.5. The highest BCUT2D eigenvalue weighted by Gasteiger charge is 2.23. The summed E-state index contributed by atoms with van der Waals surface area (Å²) in [6, 6.07) is 3.91. The van der Waals surface area contributed by atoms with E-state index in [2.05, 4.69) is 25.8 Å². The highest BCUT2D eigenvalue weighted by molar-refractivity contribution is 9.09. The van der Waals surface area contributed by atoms with E-state index in [1.807, 2.05) is 32.2 Å². The van der Waals surface area contributed by atoms with Crippen LogP contribution >= 0.6 is 15.9 Å². The number of nitrogens with zero attached hydrogens (tertiary/aromatic N) is 2. The summed E-state index contributed by atoms with van der Waals surface area (Å²) in [6.45, 7) is 6.12. The van der Waals surface area contributed by atoms with Crippen LogP contribution in [0.4, 0.5) is 5.82 Å². The molecule has 0 aliphatic carbocycles. The van der Waals surface area contributed by atoms with Crippen LogP contribution in [0.25, 0.3) is 0 Å². The van der Waals surface area contributed by atoms with Gasteiger partial charge in [0.2, 0.25) is 0 Å². The molecule has 88 valence electrons. The molecule has 1 aromatic heterocycles. The average molecular weight is 285 g/mol. The van der Waals surface area contributed by atoms with Gasteiger partial charge >= 0.3 is 0 Å². The van der Waals surface area contributed by atoms with Gasteiger partial charge in [-0.25, -0.2) is 4.98 Å². The van der Waals surface area contributed by atoms with Crippen molar-refractivity contribution in [2.45, 2.75) is 31.2 Å². The molecule has 0 amide bonds. The summed E-state index contributed by atoms with van der Waals surface area (Å²) < 4.78 is 5.77. The minimum atomic E-state index is 0.185. The summed E-state index contributed by atoms with van der Waals surface area (Å²) in [7, 11) is 0. The lowest BCUT2D eigenvalue weighted by Crippen LogP contribution is -2.22. The van der Waals surface area contributed by atoms with Crippen molar-refractivity contribution in [3.63, 3.8) is 0 Å². The molecule has 1 aliphatic heterocycles. The molecule has 2 heterocycles. The fourth-order valence-corrected chi connectivity index (χ4v) is 2.43. The minimum Gasteiger partial charge on any atom is -0.487 e. The van der Waals surface area contributed by atoms with Gasteiger partial charge in [0.05, 0.1) is 6.10 Å². The van der Waals surface area contributed by atoms with E-state index in [-0.39, 0.29) is 6.10 Å². The molecule has 0 radical (unpaired) electrons. The van der Waals surface area contributed by atoms with E-state index >= 15 is 0 Å². The number of aromatic nitrogens is 1. The van der Waals surface area contributed by atoms with Crippen molar-refractivity contribution in [3.8, 4) is 5.75 Å². The van der Waals surface area contributed by atoms with Gasteiger partial charge in [-0.2, -0.15) is 0 Å². The Morgan fingerprint density at radius 2 is 2.38 bits per heavy atom.